The molecule has 0 aromatic heterocycles. The highest BCUT2D eigenvalue weighted by atomic mass is 19.4. The van der Waals surface area contributed by atoms with Gasteiger partial charge in [-0.25, -0.2) is 0 Å². The fourth-order valence-electron chi connectivity index (χ4n) is 2.60. The summed E-state index contributed by atoms with van der Waals surface area (Å²) in [4.78, 5) is 0. The summed E-state index contributed by atoms with van der Waals surface area (Å²) in [6.07, 6.45) is -1.04. The standard InChI is InChI=1S/C14H19F3N2O/c15-14(16,17)12-7-2-1-6-11(12)13(19-18)9-10-5-3-4-8-20-10/h1-2,6-7,10,13,19H,3-5,8-9,18H2. The number of ether oxygens (including phenoxy) is 1. The van der Waals surface area contributed by atoms with Crippen LogP contribution in [0.1, 0.15) is 42.9 Å². The van der Waals surface area contributed by atoms with Crippen LogP contribution in [-0.2, 0) is 10.9 Å². The maximum Gasteiger partial charge on any atom is 0.416 e. The van der Waals surface area contributed by atoms with Crippen LogP contribution in [0, 0.1) is 0 Å². The van der Waals surface area contributed by atoms with Crippen molar-refractivity contribution in [1.82, 2.24) is 5.43 Å². The number of rotatable bonds is 4. The number of benzene rings is 1. The second kappa shape index (κ2) is 6.56. The minimum atomic E-state index is -4.38. The average Bonchev–Trinajstić information content (AvgIpc) is 2.45. The molecule has 1 fully saturated rings. The van der Waals surface area contributed by atoms with Gasteiger partial charge in [0.05, 0.1) is 11.7 Å². The van der Waals surface area contributed by atoms with Gasteiger partial charge in [0.1, 0.15) is 0 Å². The molecule has 1 aromatic rings. The lowest BCUT2D eigenvalue weighted by Gasteiger charge is -2.28. The molecule has 0 spiro atoms. The predicted octanol–water partition coefficient (Wildman–Crippen LogP) is 3.17. The third kappa shape index (κ3) is 3.71. The molecule has 1 heterocycles. The molecule has 112 valence electrons. The number of hydrogen-bond acceptors (Lipinski definition) is 3. The van der Waals surface area contributed by atoms with Crippen LogP contribution in [0.15, 0.2) is 24.3 Å². The maximum atomic E-state index is 13.0. The van der Waals surface area contributed by atoms with Crippen LogP contribution >= 0.6 is 0 Å². The molecule has 1 aliphatic rings. The first kappa shape index (κ1) is 15.3. The van der Waals surface area contributed by atoms with Crippen LogP contribution in [0.2, 0.25) is 0 Å². The van der Waals surface area contributed by atoms with Crippen LogP contribution in [0.4, 0.5) is 13.2 Å². The van der Waals surface area contributed by atoms with Crippen LogP contribution in [0.5, 0.6) is 0 Å². The van der Waals surface area contributed by atoms with E-state index in [2.05, 4.69) is 5.43 Å². The normalized spacial score (nSPS) is 21.7. The van der Waals surface area contributed by atoms with Crippen molar-refractivity contribution in [2.45, 2.75) is 44.0 Å². The fourth-order valence-corrected chi connectivity index (χ4v) is 2.60. The highest BCUT2D eigenvalue weighted by molar-refractivity contribution is 5.32. The zero-order valence-electron chi connectivity index (χ0n) is 11.1. The Morgan fingerprint density at radius 1 is 1.30 bits per heavy atom. The van der Waals surface area contributed by atoms with Gasteiger partial charge in [0.2, 0.25) is 0 Å². The first-order chi connectivity index (χ1) is 9.52. The summed E-state index contributed by atoms with van der Waals surface area (Å²) in [7, 11) is 0. The second-order valence-electron chi connectivity index (χ2n) is 5.03. The molecule has 1 aromatic carbocycles. The molecule has 3 N–H and O–H groups in total. The highest BCUT2D eigenvalue weighted by Gasteiger charge is 2.35. The number of hydrogen-bond donors (Lipinski definition) is 2. The van der Waals surface area contributed by atoms with Crippen LogP contribution in [-0.4, -0.2) is 12.7 Å². The highest BCUT2D eigenvalue weighted by Crippen LogP contribution is 2.36. The molecule has 0 bridgehead atoms. The minimum Gasteiger partial charge on any atom is -0.378 e. The van der Waals surface area contributed by atoms with Gasteiger partial charge in [0, 0.05) is 12.6 Å². The summed E-state index contributed by atoms with van der Waals surface area (Å²) in [6.45, 7) is 0.670. The lowest BCUT2D eigenvalue weighted by atomic mass is 9.93. The van der Waals surface area contributed by atoms with E-state index in [-0.39, 0.29) is 11.7 Å². The summed E-state index contributed by atoms with van der Waals surface area (Å²) >= 11 is 0. The van der Waals surface area contributed by atoms with Gasteiger partial charge in [-0.3, -0.25) is 11.3 Å². The first-order valence-corrected chi connectivity index (χ1v) is 6.76. The van der Waals surface area contributed by atoms with Gasteiger partial charge in [0.15, 0.2) is 0 Å². The maximum absolute atomic E-state index is 13.0. The summed E-state index contributed by atoms with van der Waals surface area (Å²) in [6, 6.07) is 4.97. The lowest BCUT2D eigenvalue weighted by Crippen LogP contribution is -2.34. The molecule has 2 rings (SSSR count). The van der Waals surface area contributed by atoms with Crippen molar-refractivity contribution in [3.8, 4) is 0 Å². The van der Waals surface area contributed by atoms with Crippen molar-refractivity contribution >= 4 is 0 Å². The van der Waals surface area contributed by atoms with E-state index in [1.807, 2.05) is 0 Å². The van der Waals surface area contributed by atoms with Gasteiger partial charge in [-0.2, -0.15) is 13.2 Å². The first-order valence-electron chi connectivity index (χ1n) is 6.76. The summed E-state index contributed by atoms with van der Waals surface area (Å²) in [5.41, 5.74) is 2.04. The number of hydrazine groups is 1. The molecule has 0 saturated carbocycles. The van der Waals surface area contributed by atoms with E-state index in [0.29, 0.717) is 13.0 Å². The van der Waals surface area contributed by atoms with E-state index in [4.69, 9.17) is 10.6 Å². The Kier molecular flexibility index (Phi) is 5.01. The van der Waals surface area contributed by atoms with E-state index < -0.39 is 17.8 Å². The molecule has 20 heavy (non-hydrogen) atoms. The monoisotopic (exact) mass is 288 g/mol. The Morgan fingerprint density at radius 2 is 2.05 bits per heavy atom. The van der Waals surface area contributed by atoms with Gasteiger partial charge >= 0.3 is 6.18 Å². The molecule has 2 unspecified atom stereocenters. The van der Waals surface area contributed by atoms with Crippen LogP contribution in [0.3, 0.4) is 0 Å². The van der Waals surface area contributed by atoms with E-state index in [1.165, 1.54) is 12.1 Å². The van der Waals surface area contributed by atoms with E-state index >= 15 is 0 Å². The molecule has 6 heteroatoms. The lowest BCUT2D eigenvalue weighted by molar-refractivity contribution is -0.138. The van der Waals surface area contributed by atoms with Gasteiger partial charge in [-0.15, -0.1) is 0 Å². The number of alkyl halides is 3. The molecule has 0 radical (unpaired) electrons. The van der Waals surface area contributed by atoms with Crippen molar-refractivity contribution in [2.24, 2.45) is 5.84 Å². The Balaban J connectivity index is 2.18. The Morgan fingerprint density at radius 3 is 2.65 bits per heavy atom. The largest absolute Gasteiger partial charge is 0.416 e. The summed E-state index contributed by atoms with van der Waals surface area (Å²) < 4.78 is 44.7. The van der Waals surface area contributed by atoms with Crippen LogP contribution in [0.25, 0.3) is 0 Å². The Labute approximate surface area is 116 Å². The Bertz CT molecular complexity index is 431. The smallest absolute Gasteiger partial charge is 0.378 e. The zero-order valence-corrected chi connectivity index (χ0v) is 11.1. The van der Waals surface area contributed by atoms with Crippen molar-refractivity contribution < 1.29 is 17.9 Å². The SMILES string of the molecule is NNC(CC1CCCCO1)c1ccccc1C(F)(F)F. The van der Waals surface area contributed by atoms with Crippen molar-refractivity contribution in [1.29, 1.82) is 0 Å². The quantitative estimate of drug-likeness (QED) is 0.661. The van der Waals surface area contributed by atoms with Gasteiger partial charge in [0.25, 0.3) is 0 Å². The molecule has 3 nitrogen and oxygen atoms in total. The van der Waals surface area contributed by atoms with E-state index in [1.54, 1.807) is 6.07 Å². The molecular formula is C14H19F3N2O. The Hall–Kier alpha value is -1.11. The zero-order chi connectivity index (χ0) is 14.6. The minimum absolute atomic E-state index is 0.0360. The molecule has 0 amide bonds. The summed E-state index contributed by atoms with van der Waals surface area (Å²) in [5.74, 6) is 5.46. The van der Waals surface area contributed by atoms with Gasteiger partial charge < -0.3 is 4.74 Å². The van der Waals surface area contributed by atoms with Crippen LogP contribution < -0.4 is 11.3 Å². The van der Waals surface area contributed by atoms with Crippen molar-refractivity contribution in [3.05, 3.63) is 35.4 Å². The predicted molar refractivity (Wildman–Crippen MR) is 69.7 cm³/mol. The topological polar surface area (TPSA) is 47.3 Å². The van der Waals surface area contributed by atoms with E-state index in [0.717, 1.165) is 25.3 Å². The van der Waals surface area contributed by atoms with E-state index in [9.17, 15) is 13.2 Å². The molecular weight excluding hydrogens is 269 g/mol. The molecule has 2 atom stereocenters. The fraction of sp³-hybridized carbons (Fsp3) is 0.571. The number of nitrogens with one attached hydrogen (secondary N) is 1. The number of nitrogens with two attached hydrogens (primary N) is 1. The summed E-state index contributed by atoms with van der Waals surface area (Å²) in [5, 5.41) is 0. The molecule has 1 saturated heterocycles. The second-order valence-corrected chi connectivity index (χ2v) is 5.03. The molecule has 0 aliphatic carbocycles. The van der Waals surface area contributed by atoms with Gasteiger partial charge in [-0.1, -0.05) is 18.2 Å². The third-order valence-electron chi connectivity index (χ3n) is 3.62. The number of halogens is 3. The van der Waals surface area contributed by atoms with Crippen molar-refractivity contribution in [2.75, 3.05) is 6.61 Å². The average molecular weight is 288 g/mol. The van der Waals surface area contributed by atoms with Gasteiger partial charge in [-0.05, 0) is 37.3 Å². The third-order valence-corrected chi connectivity index (χ3v) is 3.62. The molecule has 1 aliphatic heterocycles. The van der Waals surface area contributed by atoms with Crippen molar-refractivity contribution in [3.63, 3.8) is 0 Å².